The topological polar surface area (TPSA) is 61.8 Å². The van der Waals surface area contributed by atoms with E-state index in [4.69, 9.17) is 4.74 Å². The summed E-state index contributed by atoms with van der Waals surface area (Å²) in [7, 11) is 0. The van der Waals surface area contributed by atoms with Gasteiger partial charge in [0.1, 0.15) is 23.5 Å². The molecule has 1 aliphatic rings. The van der Waals surface area contributed by atoms with Gasteiger partial charge in [0.2, 0.25) is 0 Å². The number of halogens is 2. The van der Waals surface area contributed by atoms with Crippen molar-refractivity contribution in [1.29, 1.82) is 0 Å². The lowest BCUT2D eigenvalue weighted by molar-refractivity contribution is 0.0696. The molecule has 5 nitrogen and oxygen atoms in total. The highest BCUT2D eigenvalue weighted by Gasteiger charge is 2.28. The monoisotopic (exact) mass is 488 g/mol. The zero-order valence-corrected chi connectivity index (χ0v) is 19.7. The average molecular weight is 489 g/mol. The van der Waals surface area contributed by atoms with E-state index >= 15 is 0 Å². The molecule has 0 bridgehead atoms. The molecule has 0 amide bonds. The van der Waals surface area contributed by atoms with Crippen LogP contribution in [-0.2, 0) is 0 Å². The van der Waals surface area contributed by atoms with E-state index in [0.29, 0.717) is 36.6 Å². The summed E-state index contributed by atoms with van der Waals surface area (Å²) in [5.74, 6) is -1.97. The van der Waals surface area contributed by atoms with Crippen LogP contribution in [0.25, 0.3) is 10.8 Å². The minimum absolute atomic E-state index is 0.0990. The molecule has 7 heteroatoms. The van der Waals surface area contributed by atoms with Crippen LogP contribution in [0.5, 0.6) is 5.75 Å². The zero-order valence-electron chi connectivity index (χ0n) is 19.7. The van der Waals surface area contributed by atoms with E-state index in [0.717, 1.165) is 6.07 Å². The second-order valence-electron chi connectivity index (χ2n) is 9.00. The van der Waals surface area contributed by atoms with Gasteiger partial charge in [0.25, 0.3) is 0 Å². The summed E-state index contributed by atoms with van der Waals surface area (Å²) < 4.78 is 34.4. The van der Waals surface area contributed by atoms with E-state index in [1.165, 1.54) is 40.6 Å². The molecule has 1 heterocycles. The number of hydrogen-bond donors (Lipinski definition) is 2. The smallest absolute Gasteiger partial charge is 0.335 e. The Kier molecular flexibility index (Phi) is 6.57. The van der Waals surface area contributed by atoms with Gasteiger partial charge < -0.3 is 20.1 Å². The number of rotatable bonds is 7. The van der Waals surface area contributed by atoms with Crippen molar-refractivity contribution in [3.63, 3.8) is 0 Å². The Hall–Kier alpha value is -3.97. The molecule has 4 aromatic rings. The summed E-state index contributed by atoms with van der Waals surface area (Å²) in [5.41, 5.74) is 1.99. The molecule has 2 N–H and O–H groups in total. The Bertz CT molecular complexity index is 1420. The van der Waals surface area contributed by atoms with E-state index in [9.17, 15) is 18.7 Å². The fourth-order valence-electron chi connectivity index (χ4n) is 4.77. The van der Waals surface area contributed by atoms with Crippen LogP contribution in [0, 0.1) is 11.6 Å². The van der Waals surface area contributed by atoms with E-state index < -0.39 is 17.6 Å². The zero-order chi connectivity index (χ0) is 25.2. The Morgan fingerprint density at radius 1 is 1.06 bits per heavy atom. The largest absolute Gasteiger partial charge is 0.486 e. The molecule has 0 aromatic heterocycles. The Morgan fingerprint density at radius 3 is 2.69 bits per heavy atom. The number of carboxylic acid groups (broad SMARTS) is 1. The number of hydrogen-bond acceptors (Lipinski definition) is 4. The number of aromatic carboxylic acids is 1. The normalized spacial score (nSPS) is 15.9. The van der Waals surface area contributed by atoms with Gasteiger partial charge in [-0.05, 0) is 66.6 Å². The molecule has 184 valence electrons. The summed E-state index contributed by atoms with van der Waals surface area (Å²) in [4.78, 5) is 13.3. The lowest BCUT2D eigenvalue weighted by Crippen LogP contribution is -2.39. The molecule has 36 heavy (non-hydrogen) atoms. The van der Waals surface area contributed by atoms with Crippen molar-refractivity contribution in [3.05, 3.63) is 102 Å². The fourth-order valence-corrected chi connectivity index (χ4v) is 4.77. The highest BCUT2D eigenvalue weighted by atomic mass is 19.1. The van der Waals surface area contributed by atoms with Crippen LogP contribution in [0.4, 0.5) is 20.2 Å². The van der Waals surface area contributed by atoms with Gasteiger partial charge in [-0.15, -0.1) is 0 Å². The van der Waals surface area contributed by atoms with Crippen molar-refractivity contribution in [2.45, 2.75) is 25.5 Å². The van der Waals surface area contributed by atoms with Crippen LogP contribution in [0.2, 0.25) is 0 Å². The van der Waals surface area contributed by atoms with Gasteiger partial charge in [-0.1, -0.05) is 42.5 Å². The number of fused-ring (bicyclic) bond motifs is 2. The Labute approximate surface area is 207 Å². The van der Waals surface area contributed by atoms with Gasteiger partial charge in [0, 0.05) is 17.8 Å². The third kappa shape index (κ3) is 4.88. The van der Waals surface area contributed by atoms with Crippen LogP contribution in [0.1, 0.15) is 35.3 Å². The van der Waals surface area contributed by atoms with Crippen LogP contribution in [-0.4, -0.2) is 30.3 Å². The quantitative estimate of drug-likeness (QED) is 0.313. The molecule has 0 radical (unpaired) electrons. The summed E-state index contributed by atoms with van der Waals surface area (Å²) in [6.45, 7) is 3.11. The molecule has 0 fully saturated rings. The summed E-state index contributed by atoms with van der Waals surface area (Å²) in [6.07, 6.45) is 0.297. The number of anilines is 2. The van der Waals surface area contributed by atoms with E-state index in [2.05, 4.69) is 36.5 Å². The number of nitrogens with one attached hydrogen (secondary N) is 1. The molecular formula is C29H26F2N2O3. The highest BCUT2D eigenvalue weighted by Crippen LogP contribution is 2.39. The van der Waals surface area contributed by atoms with Crippen LogP contribution in [0.15, 0.2) is 78.9 Å². The van der Waals surface area contributed by atoms with Gasteiger partial charge in [-0.25, -0.2) is 13.6 Å². The predicted molar refractivity (Wildman–Crippen MR) is 136 cm³/mol. The van der Waals surface area contributed by atoms with Gasteiger partial charge in [0.05, 0.1) is 17.8 Å². The van der Waals surface area contributed by atoms with Crippen molar-refractivity contribution in [3.8, 4) is 5.75 Å². The second kappa shape index (κ2) is 9.95. The number of nitrogens with zero attached hydrogens (tertiary/aromatic N) is 1. The fraction of sp³-hybridized carbons (Fsp3) is 0.207. The molecule has 0 spiro atoms. The third-order valence-corrected chi connectivity index (χ3v) is 6.54. The first-order chi connectivity index (χ1) is 17.4. The summed E-state index contributed by atoms with van der Waals surface area (Å²) in [5, 5.41) is 15.3. The summed E-state index contributed by atoms with van der Waals surface area (Å²) in [6, 6.07) is 22.5. The lowest BCUT2D eigenvalue weighted by Gasteiger charge is -2.36. The van der Waals surface area contributed by atoms with Crippen molar-refractivity contribution < 1.29 is 23.4 Å². The number of benzene rings is 4. The molecule has 0 saturated heterocycles. The number of ether oxygens (including phenoxy) is 1. The Morgan fingerprint density at radius 2 is 1.86 bits per heavy atom. The van der Waals surface area contributed by atoms with Crippen molar-refractivity contribution in [1.82, 2.24) is 5.32 Å². The molecular weight excluding hydrogens is 462 g/mol. The first-order valence-corrected chi connectivity index (χ1v) is 11.9. The van der Waals surface area contributed by atoms with Crippen LogP contribution in [0.3, 0.4) is 0 Å². The molecule has 1 unspecified atom stereocenters. The van der Waals surface area contributed by atoms with E-state index in [1.54, 1.807) is 11.0 Å². The first-order valence-electron chi connectivity index (χ1n) is 11.9. The van der Waals surface area contributed by atoms with Gasteiger partial charge >= 0.3 is 5.97 Å². The minimum Gasteiger partial charge on any atom is -0.486 e. The SMILES string of the molecule is C[C@@H](NCCC1CN(c2cc(F)cc(C(=O)O)c2)c2ccc(F)cc2O1)c1cccc2ccccc12. The lowest BCUT2D eigenvalue weighted by atomic mass is 9.99. The molecule has 2 atom stereocenters. The molecule has 4 aromatic carbocycles. The molecule has 0 aliphatic carbocycles. The highest BCUT2D eigenvalue weighted by molar-refractivity contribution is 5.89. The van der Waals surface area contributed by atoms with Gasteiger partial charge in [-0.2, -0.15) is 0 Å². The summed E-state index contributed by atoms with van der Waals surface area (Å²) >= 11 is 0. The number of carboxylic acids is 1. The van der Waals surface area contributed by atoms with Crippen molar-refractivity contribution >= 4 is 28.1 Å². The van der Waals surface area contributed by atoms with E-state index in [1.807, 2.05) is 18.2 Å². The molecule has 1 aliphatic heterocycles. The standard InChI is InChI=1S/C29H26F2N2O3/c1-18(25-8-4-6-19-5-2-3-7-26(19)25)32-12-11-24-17-33(27-10-9-21(30)16-28(27)36-24)23-14-20(29(34)35)13-22(31)15-23/h2-10,13-16,18,24,32H,11-12,17H2,1H3,(H,34,35)/t18-,24?/m1/s1. The van der Waals surface area contributed by atoms with Crippen LogP contribution < -0.4 is 15.0 Å². The minimum atomic E-state index is -1.22. The van der Waals surface area contributed by atoms with Crippen molar-refractivity contribution in [2.24, 2.45) is 0 Å². The van der Waals surface area contributed by atoms with E-state index in [-0.39, 0.29) is 17.7 Å². The third-order valence-electron chi connectivity index (χ3n) is 6.54. The van der Waals surface area contributed by atoms with Gasteiger partial charge in [-0.3, -0.25) is 0 Å². The maximum atomic E-state index is 14.3. The maximum absolute atomic E-state index is 14.3. The average Bonchev–Trinajstić information content (AvgIpc) is 2.87. The van der Waals surface area contributed by atoms with Crippen LogP contribution >= 0.6 is 0 Å². The first kappa shape index (κ1) is 23.8. The number of carbonyl (C=O) groups is 1. The molecule has 0 saturated carbocycles. The molecule has 5 rings (SSSR count). The second-order valence-corrected chi connectivity index (χ2v) is 9.00. The Balaban J connectivity index is 1.34. The maximum Gasteiger partial charge on any atom is 0.335 e. The van der Waals surface area contributed by atoms with Crippen molar-refractivity contribution in [2.75, 3.05) is 18.0 Å². The van der Waals surface area contributed by atoms with Gasteiger partial charge in [0.15, 0.2) is 0 Å². The predicted octanol–water partition coefficient (Wildman–Crippen LogP) is 6.46.